The van der Waals surface area contributed by atoms with Crippen molar-refractivity contribution in [2.75, 3.05) is 11.9 Å². The van der Waals surface area contributed by atoms with E-state index in [1.54, 1.807) is 13.0 Å². The Hall–Kier alpha value is -2.82. The number of esters is 1. The van der Waals surface area contributed by atoms with Gasteiger partial charge in [-0.2, -0.15) is 4.31 Å². The second kappa shape index (κ2) is 9.35. The monoisotopic (exact) mass is 464 g/mol. The van der Waals surface area contributed by atoms with Crippen molar-refractivity contribution in [2.24, 2.45) is 0 Å². The molecule has 172 valence electrons. The Morgan fingerprint density at radius 2 is 1.91 bits per heavy atom. The van der Waals surface area contributed by atoms with Gasteiger partial charge < -0.3 is 15.2 Å². The Bertz CT molecular complexity index is 1140. The summed E-state index contributed by atoms with van der Waals surface area (Å²) in [5, 5.41) is 12.5. The Kier molecular flexibility index (Phi) is 6.97. The van der Waals surface area contributed by atoms with E-state index in [9.17, 15) is 27.5 Å². The van der Waals surface area contributed by atoms with Gasteiger partial charge in [-0.3, -0.25) is 9.59 Å². The molecule has 10 heteroatoms. The molecule has 8 nitrogen and oxygen atoms in total. The first-order valence-electron chi connectivity index (χ1n) is 10.0. The molecule has 1 heterocycles. The second-order valence-electron chi connectivity index (χ2n) is 7.80. The fourth-order valence-electron chi connectivity index (χ4n) is 3.39. The number of benzene rings is 2. The van der Waals surface area contributed by atoms with Crippen LogP contribution in [0.15, 0.2) is 47.4 Å². The minimum absolute atomic E-state index is 0.00407. The highest BCUT2D eigenvalue weighted by Gasteiger charge is 2.45. The van der Waals surface area contributed by atoms with Gasteiger partial charge in [-0.15, -0.1) is 0 Å². The molecule has 3 rings (SSSR count). The molecule has 2 aromatic rings. The fourth-order valence-corrected chi connectivity index (χ4v) is 5.10. The van der Waals surface area contributed by atoms with E-state index in [0.717, 1.165) is 21.5 Å². The van der Waals surface area contributed by atoms with E-state index in [1.807, 2.05) is 6.92 Å². The molecular formula is C22H25FN2O6S. The summed E-state index contributed by atoms with van der Waals surface area (Å²) in [5.74, 6) is -2.19. The van der Waals surface area contributed by atoms with Gasteiger partial charge in [-0.1, -0.05) is 12.1 Å². The number of halogens is 1. The minimum atomic E-state index is -4.08. The quantitative estimate of drug-likeness (QED) is 0.634. The van der Waals surface area contributed by atoms with Crippen molar-refractivity contribution >= 4 is 27.6 Å². The number of aliphatic hydroxyl groups is 1. The molecule has 0 radical (unpaired) electrons. The van der Waals surface area contributed by atoms with Crippen LogP contribution in [0, 0.1) is 19.7 Å². The molecule has 0 bridgehead atoms. The third-order valence-electron chi connectivity index (χ3n) is 5.35. The molecule has 1 fully saturated rings. The molecule has 0 spiro atoms. The molecule has 2 aromatic carbocycles. The first-order chi connectivity index (χ1) is 15.0. The summed E-state index contributed by atoms with van der Waals surface area (Å²) in [6.07, 6.45) is -2.47. The van der Waals surface area contributed by atoms with Gasteiger partial charge in [0, 0.05) is 18.7 Å². The van der Waals surface area contributed by atoms with E-state index >= 15 is 0 Å². The van der Waals surface area contributed by atoms with Crippen LogP contribution in [0.4, 0.5) is 10.1 Å². The summed E-state index contributed by atoms with van der Waals surface area (Å²) >= 11 is 0. The van der Waals surface area contributed by atoms with E-state index in [-0.39, 0.29) is 23.5 Å². The lowest BCUT2D eigenvalue weighted by Gasteiger charge is -2.24. The molecule has 3 atom stereocenters. The maximum atomic E-state index is 13.3. The van der Waals surface area contributed by atoms with Crippen LogP contribution in [0.25, 0.3) is 0 Å². The lowest BCUT2D eigenvalue weighted by molar-refractivity contribution is -0.156. The summed E-state index contributed by atoms with van der Waals surface area (Å²) in [7, 11) is -4.08. The highest BCUT2D eigenvalue weighted by Crippen LogP contribution is 2.28. The van der Waals surface area contributed by atoms with Gasteiger partial charge in [-0.25, -0.2) is 12.8 Å². The molecule has 0 aliphatic carbocycles. The molecule has 0 aromatic heterocycles. The van der Waals surface area contributed by atoms with E-state index in [0.29, 0.717) is 0 Å². The number of nitrogens with zero attached hydrogens (tertiary/aromatic N) is 1. The van der Waals surface area contributed by atoms with E-state index in [4.69, 9.17) is 4.74 Å². The van der Waals surface area contributed by atoms with Crippen LogP contribution in [-0.4, -0.2) is 54.5 Å². The fraction of sp³-hybridized carbons (Fsp3) is 0.364. The van der Waals surface area contributed by atoms with Crippen LogP contribution in [0.5, 0.6) is 0 Å². The lowest BCUT2D eigenvalue weighted by Crippen LogP contribution is -2.43. The largest absolute Gasteiger partial charge is 0.451 e. The van der Waals surface area contributed by atoms with E-state index in [2.05, 4.69) is 5.32 Å². The van der Waals surface area contributed by atoms with Crippen LogP contribution < -0.4 is 5.32 Å². The van der Waals surface area contributed by atoms with Crippen LogP contribution in [0.1, 0.15) is 24.5 Å². The third kappa shape index (κ3) is 5.14. The zero-order valence-electron chi connectivity index (χ0n) is 17.9. The molecule has 2 unspecified atom stereocenters. The average Bonchev–Trinajstić information content (AvgIpc) is 3.12. The molecule has 2 N–H and O–H groups in total. The molecule has 1 aliphatic heterocycles. The van der Waals surface area contributed by atoms with Crippen molar-refractivity contribution in [1.29, 1.82) is 0 Å². The number of β-amino-alcohol motifs (C(OH)–C–C–N with tert-alkyl or cyclic N) is 1. The van der Waals surface area contributed by atoms with Crippen molar-refractivity contribution in [1.82, 2.24) is 4.31 Å². The predicted molar refractivity (Wildman–Crippen MR) is 115 cm³/mol. The average molecular weight is 465 g/mol. The number of hydrogen-bond acceptors (Lipinski definition) is 6. The van der Waals surface area contributed by atoms with Gasteiger partial charge in [0.2, 0.25) is 10.0 Å². The molecule has 32 heavy (non-hydrogen) atoms. The number of amides is 1. The molecule has 1 amide bonds. The standard InChI is InChI=1S/C22H25FN2O6S/c1-13-7-8-19(9-14(13)2)32(29,30)25-12-18(26)11-20(25)22(28)31-15(3)21(27)24-17-6-4-5-16(23)10-17/h4-10,15,18,20,26H,11-12H2,1-3H3,(H,24,27)/t15?,18?,20-/m0/s1. The molecule has 0 saturated carbocycles. The molecular weight excluding hydrogens is 439 g/mol. The normalized spacial score (nSPS) is 20.0. The number of rotatable bonds is 6. The van der Waals surface area contributed by atoms with Gasteiger partial charge >= 0.3 is 5.97 Å². The number of aryl methyl sites for hydroxylation is 2. The van der Waals surface area contributed by atoms with Gasteiger partial charge in [0.1, 0.15) is 11.9 Å². The molecule has 1 aliphatic rings. The SMILES string of the molecule is Cc1ccc(S(=O)(=O)N2CC(O)C[C@H]2C(=O)OC(C)C(=O)Nc2cccc(F)c2)cc1C. The lowest BCUT2D eigenvalue weighted by atomic mass is 10.1. The summed E-state index contributed by atoms with van der Waals surface area (Å²) in [5.41, 5.74) is 1.88. The summed E-state index contributed by atoms with van der Waals surface area (Å²) in [6.45, 7) is 4.68. The Morgan fingerprint density at radius 1 is 1.19 bits per heavy atom. The zero-order chi connectivity index (χ0) is 23.6. The van der Waals surface area contributed by atoms with Gasteiger partial charge in [-0.05, 0) is 62.2 Å². The maximum absolute atomic E-state index is 13.3. The van der Waals surface area contributed by atoms with Crippen molar-refractivity contribution in [2.45, 2.75) is 50.3 Å². The number of aliphatic hydroxyl groups excluding tert-OH is 1. The van der Waals surface area contributed by atoms with E-state index in [1.165, 1.54) is 37.3 Å². The van der Waals surface area contributed by atoms with Crippen molar-refractivity contribution in [3.05, 3.63) is 59.4 Å². The van der Waals surface area contributed by atoms with Crippen molar-refractivity contribution < 1.29 is 32.2 Å². The summed E-state index contributed by atoms with van der Waals surface area (Å²) in [4.78, 5) is 25.1. The third-order valence-corrected chi connectivity index (χ3v) is 7.22. The number of nitrogens with one attached hydrogen (secondary N) is 1. The second-order valence-corrected chi connectivity index (χ2v) is 9.70. The number of carbonyl (C=O) groups is 2. The first-order valence-corrected chi connectivity index (χ1v) is 11.5. The number of hydrogen-bond donors (Lipinski definition) is 2. The van der Waals surface area contributed by atoms with Gasteiger partial charge in [0.15, 0.2) is 6.10 Å². The Labute approximate surface area is 186 Å². The van der Waals surface area contributed by atoms with Crippen LogP contribution >= 0.6 is 0 Å². The number of anilines is 1. The number of ether oxygens (including phenoxy) is 1. The van der Waals surface area contributed by atoms with Gasteiger partial charge in [0.25, 0.3) is 5.91 Å². The topological polar surface area (TPSA) is 113 Å². The minimum Gasteiger partial charge on any atom is -0.451 e. The Morgan fingerprint density at radius 3 is 2.56 bits per heavy atom. The van der Waals surface area contributed by atoms with Crippen LogP contribution in [0.3, 0.4) is 0 Å². The first kappa shape index (κ1) is 23.8. The van der Waals surface area contributed by atoms with Crippen LogP contribution in [0.2, 0.25) is 0 Å². The van der Waals surface area contributed by atoms with Crippen LogP contribution in [-0.2, 0) is 24.3 Å². The van der Waals surface area contributed by atoms with E-state index < -0.39 is 46.0 Å². The maximum Gasteiger partial charge on any atom is 0.325 e. The summed E-state index contributed by atoms with van der Waals surface area (Å²) < 4.78 is 45.7. The van der Waals surface area contributed by atoms with Crippen molar-refractivity contribution in [3.8, 4) is 0 Å². The smallest absolute Gasteiger partial charge is 0.325 e. The van der Waals surface area contributed by atoms with Crippen molar-refractivity contribution in [3.63, 3.8) is 0 Å². The summed E-state index contributed by atoms with van der Waals surface area (Å²) in [6, 6.07) is 8.55. The van der Waals surface area contributed by atoms with Gasteiger partial charge in [0.05, 0.1) is 11.0 Å². The predicted octanol–water partition coefficient (Wildman–Crippen LogP) is 2.14. The molecule has 1 saturated heterocycles. The Balaban J connectivity index is 1.74. The zero-order valence-corrected chi connectivity index (χ0v) is 18.7. The number of carbonyl (C=O) groups excluding carboxylic acids is 2. The highest BCUT2D eigenvalue weighted by molar-refractivity contribution is 7.89. The number of sulfonamides is 1. The highest BCUT2D eigenvalue weighted by atomic mass is 32.2.